The van der Waals surface area contributed by atoms with Gasteiger partial charge in [0, 0.05) is 5.56 Å². The average Bonchev–Trinajstić information content (AvgIpc) is 3.14. The third kappa shape index (κ3) is 4.01. The van der Waals surface area contributed by atoms with Crippen molar-refractivity contribution in [2.45, 2.75) is 31.2 Å². The van der Waals surface area contributed by atoms with E-state index >= 15 is 0 Å². The van der Waals surface area contributed by atoms with Gasteiger partial charge in [-0.2, -0.15) is 4.68 Å². The minimum Gasteiger partial charge on any atom is -0.493 e. The van der Waals surface area contributed by atoms with Gasteiger partial charge in [0.05, 0.1) is 25.2 Å². The van der Waals surface area contributed by atoms with Gasteiger partial charge in [0.2, 0.25) is 5.16 Å². The van der Waals surface area contributed by atoms with Crippen LogP contribution >= 0.6 is 11.8 Å². The molecule has 0 radical (unpaired) electrons. The Bertz CT molecular complexity index is 1000. The molecular formula is C20H22N4O3S. The van der Waals surface area contributed by atoms with Crippen molar-refractivity contribution in [2.24, 2.45) is 0 Å². The first kappa shape index (κ1) is 19.9. The van der Waals surface area contributed by atoms with E-state index in [0.29, 0.717) is 22.2 Å². The minimum atomic E-state index is -0.381. The summed E-state index contributed by atoms with van der Waals surface area (Å²) < 4.78 is 12.2. The molecule has 0 bridgehead atoms. The number of ether oxygens (including phenoxy) is 2. The van der Waals surface area contributed by atoms with Crippen LogP contribution in [0.25, 0.3) is 5.69 Å². The maximum atomic E-state index is 12.9. The number of ketones is 1. The fraction of sp³-hybridized carbons (Fsp3) is 0.300. The van der Waals surface area contributed by atoms with Gasteiger partial charge in [-0.05, 0) is 61.0 Å². The summed E-state index contributed by atoms with van der Waals surface area (Å²) in [6.07, 6.45) is 0. The number of benzene rings is 2. The van der Waals surface area contributed by atoms with Gasteiger partial charge in [-0.25, -0.2) is 0 Å². The molecular weight excluding hydrogens is 376 g/mol. The van der Waals surface area contributed by atoms with Crippen LogP contribution in [0.1, 0.15) is 28.4 Å². The summed E-state index contributed by atoms with van der Waals surface area (Å²) in [5.74, 6) is 1.06. The molecule has 0 saturated carbocycles. The monoisotopic (exact) mass is 398 g/mol. The summed E-state index contributed by atoms with van der Waals surface area (Å²) in [6.45, 7) is 5.89. The lowest BCUT2D eigenvalue weighted by molar-refractivity contribution is 0.0993. The normalized spacial score (nSPS) is 11.9. The number of rotatable bonds is 7. The Kier molecular flexibility index (Phi) is 5.99. The standard InChI is InChI=1S/C20H22N4O3S/c1-12-6-8-16(13(2)10-12)24-20(21-22-23-24)28-14(3)19(25)15-7-9-17(26-4)18(11-15)27-5/h6-11,14H,1-5H3. The summed E-state index contributed by atoms with van der Waals surface area (Å²) in [5.41, 5.74) is 3.67. The van der Waals surface area contributed by atoms with Crippen LogP contribution in [0.15, 0.2) is 41.6 Å². The Morgan fingerprint density at radius 3 is 2.50 bits per heavy atom. The zero-order valence-electron chi connectivity index (χ0n) is 16.5. The second-order valence-electron chi connectivity index (χ2n) is 6.36. The molecule has 0 amide bonds. The Morgan fingerprint density at radius 2 is 1.82 bits per heavy atom. The van der Waals surface area contributed by atoms with E-state index in [-0.39, 0.29) is 11.0 Å². The molecule has 1 aromatic heterocycles. The highest BCUT2D eigenvalue weighted by Crippen LogP contribution is 2.31. The second kappa shape index (κ2) is 8.43. The van der Waals surface area contributed by atoms with Gasteiger partial charge in [-0.15, -0.1) is 5.10 Å². The number of nitrogens with zero attached hydrogens (tertiary/aromatic N) is 4. The van der Waals surface area contributed by atoms with E-state index in [1.54, 1.807) is 37.1 Å². The van der Waals surface area contributed by atoms with Crippen molar-refractivity contribution >= 4 is 17.5 Å². The van der Waals surface area contributed by atoms with Crippen LogP contribution in [0.5, 0.6) is 11.5 Å². The molecule has 0 spiro atoms. The molecule has 0 aliphatic rings. The highest BCUT2D eigenvalue weighted by atomic mass is 32.2. The molecule has 3 rings (SSSR count). The molecule has 8 heteroatoms. The molecule has 0 fully saturated rings. The molecule has 1 heterocycles. The SMILES string of the molecule is COc1ccc(C(=O)C(C)Sc2nnnn2-c2ccc(C)cc2C)cc1OC. The minimum absolute atomic E-state index is 0.0406. The van der Waals surface area contributed by atoms with Crippen molar-refractivity contribution < 1.29 is 14.3 Å². The number of Topliss-reactive ketones (excluding diaryl/α,β-unsaturated/α-hetero) is 1. The van der Waals surface area contributed by atoms with Crippen molar-refractivity contribution in [3.8, 4) is 17.2 Å². The number of methoxy groups -OCH3 is 2. The van der Waals surface area contributed by atoms with Crippen molar-refractivity contribution in [1.29, 1.82) is 0 Å². The maximum absolute atomic E-state index is 12.9. The molecule has 28 heavy (non-hydrogen) atoms. The molecule has 3 aromatic rings. The topological polar surface area (TPSA) is 79.1 Å². The van der Waals surface area contributed by atoms with E-state index in [9.17, 15) is 4.79 Å². The van der Waals surface area contributed by atoms with Gasteiger partial charge in [-0.1, -0.05) is 29.5 Å². The van der Waals surface area contributed by atoms with Crippen molar-refractivity contribution in [3.63, 3.8) is 0 Å². The molecule has 0 aliphatic carbocycles. The predicted octanol–water partition coefficient (Wildman–Crippen LogP) is 3.66. The van der Waals surface area contributed by atoms with Crippen LogP contribution in [-0.2, 0) is 0 Å². The molecule has 1 atom stereocenters. The van der Waals surface area contributed by atoms with Gasteiger partial charge in [0.15, 0.2) is 17.3 Å². The lowest BCUT2D eigenvalue weighted by Crippen LogP contribution is -2.15. The second-order valence-corrected chi connectivity index (χ2v) is 7.67. The van der Waals surface area contributed by atoms with Crippen LogP contribution in [0.3, 0.4) is 0 Å². The Labute approximate surface area is 168 Å². The van der Waals surface area contributed by atoms with Gasteiger partial charge in [0.1, 0.15) is 0 Å². The number of hydrogen-bond donors (Lipinski definition) is 0. The Balaban J connectivity index is 1.83. The number of thioether (sulfide) groups is 1. The van der Waals surface area contributed by atoms with Gasteiger partial charge in [0.25, 0.3) is 0 Å². The van der Waals surface area contributed by atoms with Gasteiger partial charge < -0.3 is 9.47 Å². The molecule has 1 unspecified atom stereocenters. The number of hydrogen-bond acceptors (Lipinski definition) is 7. The summed E-state index contributed by atoms with van der Waals surface area (Å²) in [4.78, 5) is 12.9. The summed E-state index contributed by atoms with van der Waals surface area (Å²) in [7, 11) is 3.10. The van der Waals surface area contributed by atoms with Crippen molar-refractivity contribution in [1.82, 2.24) is 20.2 Å². The fourth-order valence-corrected chi connectivity index (χ4v) is 3.76. The largest absolute Gasteiger partial charge is 0.493 e. The maximum Gasteiger partial charge on any atom is 0.214 e. The third-order valence-electron chi connectivity index (χ3n) is 4.34. The third-order valence-corrected chi connectivity index (χ3v) is 5.37. The van der Waals surface area contributed by atoms with E-state index < -0.39 is 0 Å². The van der Waals surface area contributed by atoms with Crippen LogP contribution < -0.4 is 9.47 Å². The zero-order valence-corrected chi connectivity index (χ0v) is 17.3. The van der Waals surface area contributed by atoms with Crippen molar-refractivity contribution in [3.05, 3.63) is 53.1 Å². The Morgan fingerprint density at radius 1 is 1.07 bits per heavy atom. The van der Waals surface area contributed by atoms with E-state index in [1.165, 1.54) is 17.3 Å². The molecule has 0 saturated heterocycles. The van der Waals surface area contributed by atoms with Crippen LogP contribution in [-0.4, -0.2) is 45.5 Å². The Hall–Kier alpha value is -2.87. The van der Waals surface area contributed by atoms with Crippen LogP contribution in [0.4, 0.5) is 0 Å². The summed E-state index contributed by atoms with van der Waals surface area (Å²) >= 11 is 1.32. The first-order chi connectivity index (χ1) is 13.4. The van der Waals surface area contributed by atoms with E-state index in [0.717, 1.165) is 11.3 Å². The first-order valence-electron chi connectivity index (χ1n) is 8.73. The first-order valence-corrected chi connectivity index (χ1v) is 9.61. The fourth-order valence-electron chi connectivity index (χ4n) is 2.88. The van der Waals surface area contributed by atoms with Crippen LogP contribution in [0.2, 0.25) is 0 Å². The van der Waals surface area contributed by atoms with E-state index in [2.05, 4.69) is 21.6 Å². The molecule has 7 nitrogen and oxygen atoms in total. The van der Waals surface area contributed by atoms with Gasteiger partial charge >= 0.3 is 0 Å². The predicted molar refractivity (Wildman–Crippen MR) is 108 cm³/mol. The van der Waals surface area contributed by atoms with Crippen molar-refractivity contribution in [2.75, 3.05) is 14.2 Å². The van der Waals surface area contributed by atoms with Crippen LogP contribution in [0, 0.1) is 13.8 Å². The average molecular weight is 398 g/mol. The lowest BCUT2D eigenvalue weighted by Gasteiger charge is -2.13. The zero-order chi connectivity index (χ0) is 20.3. The van der Waals surface area contributed by atoms with Gasteiger partial charge in [-0.3, -0.25) is 4.79 Å². The molecule has 0 aliphatic heterocycles. The number of carbonyl (C=O) groups excluding carboxylic acids is 1. The van der Waals surface area contributed by atoms with E-state index in [1.807, 2.05) is 32.9 Å². The number of aromatic nitrogens is 4. The molecule has 146 valence electrons. The quantitative estimate of drug-likeness (QED) is 0.444. The number of carbonyl (C=O) groups is 1. The number of tetrazole rings is 1. The summed E-state index contributed by atoms with van der Waals surface area (Å²) in [5, 5.41) is 12.2. The lowest BCUT2D eigenvalue weighted by atomic mass is 10.1. The summed E-state index contributed by atoms with van der Waals surface area (Å²) in [6, 6.07) is 11.2. The number of aryl methyl sites for hydroxylation is 2. The highest BCUT2D eigenvalue weighted by Gasteiger charge is 2.22. The molecule has 2 aromatic carbocycles. The van der Waals surface area contributed by atoms with E-state index in [4.69, 9.17) is 9.47 Å². The molecule has 0 N–H and O–H groups in total. The smallest absolute Gasteiger partial charge is 0.214 e. The highest BCUT2D eigenvalue weighted by molar-refractivity contribution is 8.00.